The van der Waals surface area contributed by atoms with E-state index >= 15 is 0 Å². The first-order chi connectivity index (χ1) is 20.4. The number of likely N-dealkylation sites (tertiary alicyclic amines) is 2. The number of carbonyl (C=O) groups excluding carboxylic acids is 2. The number of nitrogens with zero attached hydrogens (tertiary/aromatic N) is 4. The first-order valence-electron chi connectivity index (χ1n) is 14.4. The third-order valence-electron chi connectivity index (χ3n) is 8.09. The molecule has 2 amide bonds. The fraction of sp³-hybridized carbons (Fsp3) is 0.333. The summed E-state index contributed by atoms with van der Waals surface area (Å²) < 4.78 is 11.6. The Bertz CT molecular complexity index is 1540. The molecule has 2 saturated heterocycles. The van der Waals surface area contributed by atoms with Crippen LogP contribution in [0, 0.1) is 6.92 Å². The summed E-state index contributed by atoms with van der Waals surface area (Å²) in [4.78, 5) is 34.7. The lowest BCUT2D eigenvalue weighted by Gasteiger charge is -2.29. The van der Waals surface area contributed by atoms with E-state index in [2.05, 4.69) is 39.5 Å². The highest BCUT2D eigenvalue weighted by Crippen LogP contribution is 2.33. The van der Waals surface area contributed by atoms with E-state index in [4.69, 9.17) is 9.26 Å². The number of ether oxygens (including phenoxy) is 1. The first kappa shape index (κ1) is 27.7. The minimum absolute atomic E-state index is 0.109. The van der Waals surface area contributed by atoms with Crippen molar-refractivity contribution in [2.75, 3.05) is 26.7 Å². The molecule has 3 aromatic carbocycles. The summed E-state index contributed by atoms with van der Waals surface area (Å²) in [6, 6.07) is 23.2. The van der Waals surface area contributed by atoms with Gasteiger partial charge in [-0.2, -0.15) is 4.98 Å². The van der Waals surface area contributed by atoms with E-state index in [0.717, 1.165) is 37.1 Å². The lowest BCUT2D eigenvalue weighted by molar-refractivity contribution is -0.128. The molecule has 3 heterocycles. The van der Waals surface area contributed by atoms with Crippen LogP contribution in [-0.2, 0) is 11.3 Å². The lowest BCUT2D eigenvalue weighted by Crippen LogP contribution is -2.43. The summed E-state index contributed by atoms with van der Waals surface area (Å²) in [6.07, 6.45) is 2.33. The highest BCUT2D eigenvalue weighted by atomic mass is 16.5. The molecule has 6 rings (SSSR count). The average molecular weight is 566 g/mol. The molecule has 2 aliphatic heterocycles. The van der Waals surface area contributed by atoms with Crippen molar-refractivity contribution in [2.24, 2.45) is 0 Å². The summed E-state index contributed by atoms with van der Waals surface area (Å²) in [7, 11) is 2.10. The van der Waals surface area contributed by atoms with Gasteiger partial charge < -0.3 is 24.4 Å². The number of hydrogen-bond acceptors (Lipinski definition) is 7. The smallest absolute Gasteiger partial charge is 0.257 e. The van der Waals surface area contributed by atoms with Crippen LogP contribution in [0.5, 0.6) is 11.5 Å². The van der Waals surface area contributed by atoms with E-state index in [1.54, 1.807) is 13.0 Å². The lowest BCUT2D eigenvalue weighted by atomic mass is 9.98. The van der Waals surface area contributed by atoms with E-state index in [0.29, 0.717) is 48.3 Å². The Morgan fingerprint density at radius 2 is 1.81 bits per heavy atom. The monoisotopic (exact) mass is 565 g/mol. The van der Waals surface area contributed by atoms with Gasteiger partial charge >= 0.3 is 0 Å². The molecule has 9 heteroatoms. The average Bonchev–Trinajstić information content (AvgIpc) is 3.61. The standard InChI is InChI=1S/C33H35N5O4/c1-22-34-33(42-36-22)24-10-12-29(13-11-24)41-30-18-25(32(40)35-28-14-16-37(2)17-15-28)8-9-26(30)20-38-21-27(19-31(38)39)23-6-4-3-5-7-23/h3-13,18,27-28H,14-17,19-21H2,1-2H3,(H,35,40). The van der Waals surface area contributed by atoms with Gasteiger partial charge in [0.05, 0.1) is 0 Å². The molecule has 1 atom stereocenters. The second kappa shape index (κ2) is 12.2. The molecule has 42 heavy (non-hydrogen) atoms. The summed E-state index contributed by atoms with van der Waals surface area (Å²) in [5.41, 5.74) is 3.32. The minimum Gasteiger partial charge on any atom is -0.457 e. The van der Waals surface area contributed by atoms with E-state index in [9.17, 15) is 9.59 Å². The van der Waals surface area contributed by atoms with Gasteiger partial charge in [0.1, 0.15) is 11.5 Å². The van der Waals surface area contributed by atoms with Crippen LogP contribution >= 0.6 is 0 Å². The van der Waals surface area contributed by atoms with Gasteiger partial charge in [0.25, 0.3) is 11.8 Å². The highest BCUT2D eigenvalue weighted by Gasteiger charge is 2.31. The maximum Gasteiger partial charge on any atom is 0.257 e. The number of aromatic nitrogens is 2. The van der Waals surface area contributed by atoms with Crippen LogP contribution in [-0.4, -0.2) is 64.5 Å². The van der Waals surface area contributed by atoms with Gasteiger partial charge in [-0.15, -0.1) is 0 Å². The Balaban J connectivity index is 1.23. The van der Waals surface area contributed by atoms with Crippen molar-refractivity contribution in [2.45, 2.75) is 44.7 Å². The Kier molecular flexibility index (Phi) is 8.01. The van der Waals surface area contributed by atoms with E-state index in [-0.39, 0.29) is 23.8 Å². The predicted molar refractivity (Wildman–Crippen MR) is 158 cm³/mol. The van der Waals surface area contributed by atoms with Crippen molar-refractivity contribution in [1.29, 1.82) is 0 Å². The number of hydrogen-bond donors (Lipinski definition) is 1. The molecule has 1 unspecified atom stereocenters. The summed E-state index contributed by atoms with van der Waals surface area (Å²) in [6.45, 7) is 4.73. The van der Waals surface area contributed by atoms with Gasteiger partial charge in [-0.3, -0.25) is 9.59 Å². The van der Waals surface area contributed by atoms with Gasteiger partial charge in [0, 0.05) is 48.2 Å². The van der Waals surface area contributed by atoms with Gasteiger partial charge in [0.2, 0.25) is 5.91 Å². The van der Waals surface area contributed by atoms with Crippen molar-refractivity contribution in [3.63, 3.8) is 0 Å². The van der Waals surface area contributed by atoms with Crippen molar-refractivity contribution >= 4 is 11.8 Å². The van der Waals surface area contributed by atoms with E-state index in [1.807, 2.05) is 59.5 Å². The fourth-order valence-electron chi connectivity index (χ4n) is 5.63. The predicted octanol–water partition coefficient (Wildman–Crippen LogP) is 5.18. The van der Waals surface area contributed by atoms with Crippen LogP contribution in [0.4, 0.5) is 0 Å². The number of piperidine rings is 1. The van der Waals surface area contributed by atoms with Crippen LogP contribution in [0.25, 0.3) is 11.5 Å². The molecule has 216 valence electrons. The molecule has 0 bridgehead atoms. The van der Waals surface area contributed by atoms with Crippen molar-refractivity contribution in [1.82, 2.24) is 25.3 Å². The van der Waals surface area contributed by atoms with Crippen LogP contribution in [0.15, 0.2) is 77.3 Å². The molecule has 2 fully saturated rings. The normalized spacial score (nSPS) is 17.9. The van der Waals surface area contributed by atoms with Crippen molar-refractivity contribution in [3.05, 3.63) is 95.3 Å². The van der Waals surface area contributed by atoms with Crippen LogP contribution in [0.1, 0.15) is 52.5 Å². The van der Waals surface area contributed by atoms with Crippen LogP contribution < -0.4 is 10.1 Å². The first-order valence-corrected chi connectivity index (χ1v) is 14.4. The second-order valence-corrected chi connectivity index (χ2v) is 11.2. The highest BCUT2D eigenvalue weighted by molar-refractivity contribution is 5.95. The molecule has 0 aliphatic carbocycles. The third kappa shape index (κ3) is 6.36. The molecule has 4 aromatic rings. The zero-order chi connectivity index (χ0) is 29.1. The summed E-state index contributed by atoms with van der Waals surface area (Å²) in [5.74, 6) is 2.29. The zero-order valence-corrected chi connectivity index (χ0v) is 24.0. The summed E-state index contributed by atoms with van der Waals surface area (Å²) >= 11 is 0. The largest absolute Gasteiger partial charge is 0.457 e. The molecule has 0 spiro atoms. The molecular formula is C33H35N5O4. The number of rotatable bonds is 8. The molecule has 1 N–H and O–H groups in total. The topological polar surface area (TPSA) is 101 Å². The molecule has 0 saturated carbocycles. The number of nitrogens with one attached hydrogen (secondary N) is 1. The van der Waals surface area contributed by atoms with Gasteiger partial charge in [-0.1, -0.05) is 41.6 Å². The number of carbonyl (C=O) groups is 2. The Labute approximate surface area is 245 Å². The Morgan fingerprint density at radius 1 is 1.05 bits per heavy atom. The minimum atomic E-state index is -0.121. The molecule has 0 radical (unpaired) electrons. The number of benzene rings is 3. The quantitative estimate of drug-likeness (QED) is 0.314. The molecular weight excluding hydrogens is 530 g/mol. The van der Waals surface area contributed by atoms with Gasteiger partial charge in [0.15, 0.2) is 5.82 Å². The maximum atomic E-state index is 13.2. The maximum absolute atomic E-state index is 13.2. The van der Waals surface area contributed by atoms with Crippen LogP contribution in [0.2, 0.25) is 0 Å². The van der Waals surface area contributed by atoms with Gasteiger partial charge in [-0.05, 0) is 81.9 Å². The summed E-state index contributed by atoms with van der Waals surface area (Å²) in [5, 5.41) is 7.05. The van der Waals surface area contributed by atoms with E-state index < -0.39 is 0 Å². The molecule has 2 aliphatic rings. The van der Waals surface area contributed by atoms with Crippen molar-refractivity contribution in [3.8, 4) is 23.0 Å². The van der Waals surface area contributed by atoms with Gasteiger partial charge in [-0.25, -0.2) is 0 Å². The van der Waals surface area contributed by atoms with E-state index in [1.165, 1.54) is 5.56 Å². The third-order valence-corrected chi connectivity index (χ3v) is 8.09. The van der Waals surface area contributed by atoms with Crippen molar-refractivity contribution < 1.29 is 18.8 Å². The molecule has 1 aromatic heterocycles. The SMILES string of the molecule is Cc1noc(-c2ccc(Oc3cc(C(=O)NC4CCN(C)CC4)ccc3CN3CC(c4ccccc4)CC3=O)cc2)n1. The Hall–Kier alpha value is -4.50. The second-order valence-electron chi connectivity index (χ2n) is 11.2. The zero-order valence-electron chi connectivity index (χ0n) is 24.0. The fourth-order valence-corrected chi connectivity index (χ4v) is 5.63. The number of aryl methyl sites for hydroxylation is 1. The van der Waals surface area contributed by atoms with Crippen LogP contribution in [0.3, 0.4) is 0 Å². The molecule has 9 nitrogen and oxygen atoms in total. The number of amides is 2. The Morgan fingerprint density at radius 3 is 2.52 bits per heavy atom.